The molecule has 7 nitrogen and oxygen atoms in total. The van der Waals surface area contributed by atoms with Gasteiger partial charge in [-0.25, -0.2) is 19.6 Å². The average Bonchev–Trinajstić information content (AvgIpc) is 3.05. The molecule has 1 aliphatic rings. The van der Waals surface area contributed by atoms with Crippen molar-refractivity contribution in [1.82, 2.24) is 9.97 Å². The summed E-state index contributed by atoms with van der Waals surface area (Å²) in [6.45, 7) is 0. The number of pyridine rings is 2. The first-order valence-corrected chi connectivity index (χ1v) is 10.2. The van der Waals surface area contributed by atoms with Crippen LogP contribution in [-0.4, -0.2) is 20.6 Å². The summed E-state index contributed by atoms with van der Waals surface area (Å²) in [6, 6.07) is 15.8. The Morgan fingerprint density at radius 2 is 1.86 bits per heavy atom. The van der Waals surface area contributed by atoms with Crippen LogP contribution < -0.4 is 15.4 Å². The van der Waals surface area contributed by atoms with E-state index in [1.807, 2.05) is 30.3 Å². The number of rotatable bonds is 4. The lowest BCUT2D eigenvalue weighted by Crippen LogP contribution is -2.23. The number of benzene rings is 1. The summed E-state index contributed by atoms with van der Waals surface area (Å²) in [5.74, 6) is 0.993. The number of nitrogens with one attached hydrogen (secondary N) is 2. The molecule has 1 aliphatic heterocycles. The van der Waals surface area contributed by atoms with Crippen molar-refractivity contribution in [3.63, 3.8) is 0 Å². The predicted octanol–water partition coefficient (Wildman–Crippen LogP) is 6.00. The number of para-hydroxylation sites is 1. The maximum absolute atomic E-state index is 12.4. The quantitative estimate of drug-likeness (QED) is 0.310. The monoisotopic (exact) mass is 423 g/mol. The molecule has 0 radical (unpaired) electrons. The number of nitrogens with zero attached hydrogens (tertiary/aromatic N) is 2. The molecule has 2 amide bonds. The molecule has 9 heteroatoms. The van der Waals surface area contributed by atoms with Gasteiger partial charge in [0, 0.05) is 23.9 Å². The van der Waals surface area contributed by atoms with E-state index < -0.39 is 21.1 Å². The van der Waals surface area contributed by atoms with Gasteiger partial charge >= 0.3 is 10.6 Å². The van der Waals surface area contributed by atoms with Gasteiger partial charge in [-0.05, 0) is 24.3 Å². The van der Waals surface area contributed by atoms with E-state index in [0.717, 1.165) is 0 Å². The van der Waals surface area contributed by atoms with Crippen molar-refractivity contribution in [2.75, 3.05) is 10.6 Å². The van der Waals surface area contributed by atoms with Gasteiger partial charge in [0.2, 0.25) is 10.8 Å². The summed E-state index contributed by atoms with van der Waals surface area (Å²) in [5, 5.41) is 6.17. The van der Waals surface area contributed by atoms with Crippen molar-refractivity contribution < 1.29 is 14.3 Å². The molecule has 29 heavy (non-hydrogen) atoms. The zero-order valence-corrected chi connectivity index (χ0v) is 16.3. The lowest BCUT2D eigenvalue weighted by molar-refractivity contribution is 0.262. The third kappa shape index (κ3) is 2.98. The minimum atomic E-state index is -1.19. The Hall–Kier alpha value is -3.49. The highest BCUT2D eigenvalue weighted by molar-refractivity contribution is 7.64. The smallest absolute Gasteiger partial charge is 0.439 e. The van der Waals surface area contributed by atoms with E-state index >= 15 is 0 Å². The molecule has 1 atom stereocenters. The first kappa shape index (κ1) is 17.6. The summed E-state index contributed by atoms with van der Waals surface area (Å²) in [7, 11) is -1.19. The highest BCUT2D eigenvalue weighted by Crippen LogP contribution is 2.53. The number of hydrogen-bond acceptors (Lipinski definition) is 5. The summed E-state index contributed by atoms with van der Waals surface area (Å²) in [6.07, 6.45) is 1.54. The first-order valence-electron chi connectivity index (χ1n) is 8.57. The fourth-order valence-electron chi connectivity index (χ4n) is 3.24. The van der Waals surface area contributed by atoms with Crippen LogP contribution in [0.25, 0.3) is 20.8 Å². The van der Waals surface area contributed by atoms with Gasteiger partial charge in [-0.1, -0.05) is 24.3 Å². The van der Waals surface area contributed by atoms with Gasteiger partial charge in [0.05, 0.1) is 5.69 Å². The zero-order chi connectivity index (χ0) is 20.0. The SMILES string of the molecule is O=C1Nc2ccnc3c2c(c(-c2cccc(Oc4ccccc4)n2)[s+]3C(=O)Cl)N1. The predicted molar refractivity (Wildman–Crippen MR) is 113 cm³/mol. The fourth-order valence-corrected chi connectivity index (χ4v) is 5.46. The van der Waals surface area contributed by atoms with Gasteiger partial charge in [0.25, 0.3) is 4.83 Å². The lowest BCUT2D eigenvalue weighted by atomic mass is 10.1. The topological polar surface area (TPSA) is 93.2 Å². The average molecular weight is 424 g/mol. The van der Waals surface area contributed by atoms with Crippen LogP contribution >= 0.6 is 22.1 Å². The largest absolute Gasteiger partial charge is 0.454 e. The van der Waals surface area contributed by atoms with Gasteiger partial charge in [0.1, 0.15) is 33.0 Å². The van der Waals surface area contributed by atoms with Crippen molar-refractivity contribution >= 4 is 54.3 Å². The standard InChI is InChI=1S/C20H11ClN4O3S/c21-19(26)29-17(16-15-12(24-20(27)25-16)9-10-22-18(15)29)13-7-4-8-14(23-13)28-11-5-2-1-3-6-11/h1-10H,(H-,22,23,24,25,27)/p+1. The molecule has 1 aromatic carbocycles. The molecule has 1 unspecified atom stereocenters. The molecule has 4 aromatic rings. The molecule has 0 bridgehead atoms. The highest BCUT2D eigenvalue weighted by Gasteiger charge is 2.39. The maximum Gasteiger partial charge on any atom is 0.454 e. The van der Waals surface area contributed by atoms with E-state index in [0.29, 0.717) is 43.8 Å². The minimum absolute atomic E-state index is 0.358. The number of urea groups is 1. The first-order chi connectivity index (χ1) is 14.1. The number of ether oxygens (including phenoxy) is 1. The molecule has 5 rings (SSSR count). The molecule has 2 N–H and O–H groups in total. The van der Waals surface area contributed by atoms with E-state index in [2.05, 4.69) is 20.6 Å². The lowest BCUT2D eigenvalue weighted by Gasteiger charge is -2.13. The van der Waals surface area contributed by atoms with Gasteiger partial charge in [0.15, 0.2) is 0 Å². The van der Waals surface area contributed by atoms with Crippen LogP contribution in [0.1, 0.15) is 0 Å². The van der Waals surface area contributed by atoms with Crippen LogP contribution in [0.2, 0.25) is 0 Å². The second-order valence-electron chi connectivity index (χ2n) is 6.14. The van der Waals surface area contributed by atoms with E-state index in [4.69, 9.17) is 16.3 Å². The van der Waals surface area contributed by atoms with E-state index in [1.54, 1.807) is 30.5 Å². The Balaban J connectivity index is 1.72. The molecular formula is C20H12ClN4O3S+. The van der Waals surface area contributed by atoms with Gasteiger partial charge in [-0.2, -0.15) is 0 Å². The Morgan fingerprint density at radius 3 is 2.66 bits per heavy atom. The van der Waals surface area contributed by atoms with E-state index in [-0.39, 0.29) is 0 Å². The number of halogens is 1. The summed E-state index contributed by atoms with van der Waals surface area (Å²) < 4.78 is 5.24. The van der Waals surface area contributed by atoms with Crippen LogP contribution in [0, 0.1) is 0 Å². The normalized spacial score (nSPS) is 13.0. The van der Waals surface area contributed by atoms with Crippen molar-refractivity contribution in [3.8, 4) is 22.2 Å². The number of thiophene rings is 1. The molecule has 0 saturated heterocycles. The Morgan fingerprint density at radius 1 is 1.03 bits per heavy atom. The van der Waals surface area contributed by atoms with Crippen LogP contribution in [0.5, 0.6) is 11.6 Å². The van der Waals surface area contributed by atoms with E-state index in [9.17, 15) is 9.59 Å². The maximum atomic E-state index is 12.4. The Kier molecular flexibility index (Phi) is 4.15. The van der Waals surface area contributed by atoms with Crippen molar-refractivity contribution in [2.24, 2.45) is 0 Å². The molecule has 0 aliphatic carbocycles. The fraction of sp³-hybridized carbons (Fsp3) is 0. The third-order valence-corrected chi connectivity index (χ3v) is 6.66. The van der Waals surface area contributed by atoms with Gasteiger partial charge in [-0.3, -0.25) is 0 Å². The number of amides is 2. The third-order valence-electron chi connectivity index (χ3n) is 4.36. The summed E-state index contributed by atoms with van der Waals surface area (Å²) in [4.78, 5) is 34.4. The van der Waals surface area contributed by atoms with Crippen LogP contribution in [0.15, 0.2) is 60.8 Å². The summed E-state index contributed by atoms with van der Waals surface area (Å²) in [5.41, 5.74) is 1.56. The molecule has 3 aromatic heterocycles. The molecule has 0 spiro atoms. The second-order valence-corrected chi connectivity index (χ2v) is 8.49. The van der Waals surface area contributed by atoms with E-state index in [1.165, 1.54) is 0 Å². The van der Waals surface area contributed by atoms with Crippen LogP contribution in [0.4, 0.5) is 21.0 Å². The second kappa shape index (κ2) is 6.84. The van der Waals surface area contributed by atoms with Crippen molar-refractivity contribution in [3.05, 3.63) is 60.8 Å². The summed E-state index contributed by atoms with van der Waals surface area (Å²) >= 11 is 5.96. The number of carbonyl (C=O) groups excluding carboxylic acids is 2. The molecule has 0 fully saturated rings. The van der Waals surface area contributed by atoms with Crippen molar-refractivity contribution in [1.29, 1.82) is 0 Å². The minimum Gasteiger partial charge on any atom is -0.439 e. The number of carbonyl (C=O) groups is 2. The molecular weight excluding hydrogens is 412 g/mol. The van der Waals surface area contributed by atoms with Crippen LogP contribution in [-0.2, 0) is 0 Å². The number of hydrogen-bond donors (Lipinski definition) is 2. The zero-order valence-electron chi connectivity index (χ0n) is 14.7. The molecule has 142 valence electrons. The van der Waals surface area contributed by atoms with Gasteiger partial charge < -0.3 is 15.4 Å². The van der Waals surface area contributed by atoms with Crippen LogP contribution in [0.3, 0.4) is 0 Å². The number of aromatic nitrogens is 2. The number of anilines is 2. The molecule has 4 heterocycles. The van der Waals surface area contributed by atoms with Gasteiger partial charge in [-0.15, -0.1) is 0 Å². The highest BCUT2D eigenvalue weighted by atomic mass is 35.5. The Bertz CT molecular complexity index is 1290. The Labute approximate surface area is 172 Å². The molecule has 0 saturated carbocycles. The van der Waals surface area contributed by atoms with Crippen molar-refractivity contribution in [2.45, 2.75) is 0 Å².